The maximum atomic E-state index is 12.5. The molecule has 6 atom stereocenters. The highest BCUT2D eigenvalue weighted by molar-refractivity contribution is 7.47. The molecule has 2 saturated heterocycles. The summed E-state index contributed by atoms with van der Waals surface area (Å²) >= 11 is 0. The van der Waals surface area contributed by atoms with Gasteiger partial charge >= 0.3 is 19.8 Å². The summed E-state index contributed by atoms with van der Waals surface area (Å²) in [6.45, 7) is 4.05. The summed E-state index contributed by atoms with van der Waals surface area (Å²) in [6.07, 6.45) is 18.0. The zero-order chi connectivity index (χ0) is 32.4. The van der Waals surface area contributed by atoms with Crippen LogP contribution in [0, 0.1) is 0 Å². The Bertz CT molecular complexity index is 950. The maximum absolute atomic E-state index is 12.5. The Morgan fingerprint density at radius 2 is 1.34 bits per heavy atom. The first-order chi connectivity index (χ1) is 20.9. The van der Waals surface area contributed by atoms with Crippen molar-refractivity contribution in [3.63, 3.8) is 0 Å². The van der Waals surface area contributed by atoms with Gasteiger partial charge in [-0.15, -0.1) is 0 Å². The fourth-order valence-corrected chi connectivity index (χ4v) is 5.27. The Morgan fingerprint density at radius 1 is 0.795 bits per heavy atom. The van der Waals surface area contributed by atoms with Gasteiger partial charge in [0.05, 0.1) is 65.0 Å². The van der Waals surface area contributed by atoms with Gasteiger partial charge in [0.1, 0.15) is 19.8 Å². The van der Waals surface area contributed by atoms with Gasteiger partial charge in [-0.1, -0.05) is 76.7 Å². The molecule has 2 rings (SSSR count). The van der Waals surface area contributed by atoms with Crippen LogP contribution in [0.15, 0.2) is 24.3 Å². The first-order valence-electron chi connectivity index (χ1n) is 16.3. The van der Waals surface area contributed by atoms with E-state index < -0.39 is 32.5 Å². The molecule has 2 aliphatic heterocycles. The third kappa shape index (κ3) is 19.0. The molecule has 2 fully saturated rings. The van der Waals surface area contributed by atoms with Crippen molar-refractivity contribution in [2.75, 3.05) is 47.5 Å². The SMILES string of the molecule is CCCCCC1OC1C/C=C/CC(=O)OCC(COP(=O)(O)OCC[N+](C)(C)C)OC(=O)C/C=C/CC1OC1CCCCC. The fourth-order valence-electron chi connectivity index (χ4n) is 4.53. The monoisotopic (exact) mass is 646 g/mol. The number of likely N-dealkylation sites (N-methyl/N-ethyl adjacent to an activating group) is 1. The van der Waals surface area contributed by atoms with Gasteiger partial charge in [-0.3, -0.25) is 18.6 Å². The van der Waals surface area contributed by atoms with Crippen LogP contribution in [0.2, 0.25) is 0 Å². The topological polar surface area (TPSA) is 133 Å². The predicted octanol–water partition coefficient (Wildman–Crippen LogP) is 5.65. The van der Waals surface area contributed by atoms with Crippen molar-refractivity contribution in [2.24, 2.45) is 0 Å². The molecule has 254 valence electrons. The van der Waals surface area contributed by atoms with E-state index in [1.165, 1.54) is 32.1 Å². The number of phosphoric ester groups is 1. The highest BCUT2D eigenvalue weighted by Gasteiger charge is 2.37. The lowest BCUT2D eigenvalue weighted by atomic mass is 10.1. The fraction of sp³-hybridized carbons (Fsp3) is 0.812. The molecular formula is C32H57NO10P+. The van der Waals surface area contributed by atoms with Crippen LogP contribution in [-0.2, 0) is 42.1 Å². The minimum Gasteiger partial charge on any atom is -0.461 e. The molecule has 0 aromatic carbocycles. The first-order valence-corrected chi connectivity index (χ1v) is 17.8. The molecule has 0 aromatic heterocycles. The molecule has 44 heavy (non-hydrogen) atoms. The zero-order valence-electron chi connectivity index (χ0n) is 27.5. The molecule has 1 N–H and O–H groups in total. The molecule has 6 unspecified atom stereocenters. The van der Waals surface area contributed by atoms with E-state index in [4.69, 9.17) is 28.0 Å². The van der Waals surface area contributed by atoms with Crippen LogP contribution in [-0.4, -0.2) is 99.3 Å². The molecule has 0 amide bonds. The summed E-state index contributed by atoms with van der Waals surface area (Å²) in [7, 11) is 1.37. The number of carbonyl (C=O) groups is 2. The van der Waals surface area contributed by atoms with Crippen molar-refractivity contribution >= 4 is 19.8 Å². The number of esters is 2. The van der Waals surface area contributed by atoms with E-state index in [1.54, 1.807) is 12.2 Å². The van der Waals surface area contributed by atoms with Crippen LogP contribution in [0.5, 0.6) is 0 Å². The Labute approximate surface area is 264 Å². The number of hydrogen-bond donors (Lipinski definition) is 1. The number of ether oxygens (including phenoxy) is 4. The molecule has 2 aliphatic rings. The van der Waals surface area contributed by atoms with E-state index >= 15 is 0 Å². The molecule has 0 spiro atoms. The van der Waals surface area contributed by atoms with Gasteiger partial charge in [-0.05, 0) is 25.7 Å². The van der Waals surface area contributed by atoms with Gasteiger partial charge in [0.2, 0.25) is 0 Å². The van der Waals surface area contributed by atoms with Crippen LogP contribution >= 0.6 is 7.82 Å². The summed E-state index contributed by atoms with van der Waals surface area (Å²) < 4.78 is 45.1. The summed E-state index contributed by atoms with van der Waals surface area (Å²) in [6, 6.07) is 0. The lowest BCUT2D eigenvalue weighted by Crippen LogP contribution is -2.37. The third-order valence-electron chi connectivity index (χ3n) is 7.37. The van der Waals surface area contributed by atoms with Crippen molar-refractivity contribution in [1.82, 2.24) is 0 Å². The largest absolute Gasteiger partial charge is 0.472 e. The molecule has 0 saturated carbocycles. The number of quaternary nitrogens is 1. The Hall–Kier alpha value is -1.59. The summed E-state index contributed by atoms with van der Waals surface area (Å²) in [4.78, 5) is 34.9. The molecule has 2 heterocycles. The molecule has 0 bridgehead atoms. The summed E-state index contributed by atoms with van der Waals surface area (Å²) in [5.74, 6) is -1.08. The van der Waals surface area contributed by atoms with E-state index in [2.05, 4.69) is 13.8 Å². The minimum absolute atomic E-state index is 0.000131. The minimum atomic E-state index is -4.40. The maximum Gasteiger partial charge on any atom is 0.472 e. The van der Waals surface area contributed by atoms with E-state index in [-0.39, 0.29) is 38.3 Å². The number of nitrogens with zero attached hydrogens (tertiary/aromatic N) is 1. The van der Waals surface area contributed by atoms with Crippen molar-refractivity contribution in [3.8, 4) is 0 Å². The van der Waals surface area contributed by atoms with E-state index in [9.17, 15) is 19.0 Å². The highest BCUT2D eigenvalue weighted by Crippen LogP contribution is 2.43. The van der Waals surface area contributed by atoms with Gasteiger partial charge < -0.3 is 28.3 Å². The molecule has 0 aromatic rings. The molecular weight excluding hydrogens is 589 g/mol. The quantitative estimate of drug-likeness (QED) is 0.0314. The van der Waals surface area contributed by atoms with Crippen LogP contribution in [0.25, 0.3) is 0 Å². The van der Waals surface area contributed by atoms with Crippen molar-refractivity contribution < 1.29 is 51.5 Å². The second kappa shape index (κ2) is 20.5. The summed E-state index contributed by atoms with van der Waals surface area (Å²) in [5, 5.41) is 0. The lowest BCUT2D eigenvalue weighted by molar-refractivity contribution is -0.870. The van der Waals surface area contributed by atoms with Gasteiger partial charge in [-0.2, -0.15) is 0 Å². The second-order valence-corrected chi connectivity index (χ2v) is 14.1. The Morgan fingerprint density at radius 3 is 1.86 bits per heavy atom. The lowest BCUT2D eigenvalue weighted by Gasteiger charge is -2.24. The van der Waals surface area contributed by atoms with E-state index in [1.807, 2.05) is 33.3 Å². The van der Waals surface area contributed by atoms with E-state index in [0.717, 1.165) is 32.1 Å². The van der Waals surface area contributed by atoms with Crippen LogP contribution in [0.3, 0.4) is 0 Å². The van der Waals surface area contributed by atoms with Gasteiger partial charge in [0, 0.05) is 0 Å². The number of unbranched alkanes of at least 4 members (excludes halogenated alkanes) is 4. The zero-order valence-corrected chi connectivity index (χ0v) is 28.4. The number of hydrogen-bond acceptors (Lipinski definition) is 9. The smallest absolute Gasteiger partial charge is 0.461 e. The van der Waals surface area contributed by atoms with Gasteiger partial charge in [0.25, 0.3) is 0 Å². The third-order valence-corrected chi connectivity index (χ3v) is 8.35. The number of carbonyl (C=O) groups excluding carboxylic acids is 2. The average molecular weight is 647 g/mol. The van der Waals surface area contributed by atoms with Crippen molar-refractivity contribution in [3.05, 3.63) is 24.3 Å². The average Bonchev–Trinajstić information content (AvgIpc) is 3.87. The summed E-state index contributed by atoms with van der Waals surface area (Å²) in [5.41, 5.74) is 0. The van der Waals surface area contributed by atoms with Crippen molar-refractivity contribution in [2.45, 2.75) is 121 Å². The van der Waals surface area contributed by atoms with Crippen LogP contribution in [0.4, 0.5) is 0 Å². The standard InChI is InChI=1S/C32H56NO10P/c1-6-8-10-16-27-29(42-27)18-12-14-20-31(34)38-24-26(25-40-44(36,37)39-23-22-33(3,4)5)41-32(35)21-15-13-19-30-28(43-30)17-11-9-7-2/h12-15,26-30H,6-11,16-25H2,1-5H3/p+1/b14-12+,15-13+. The second-order valence-electron chi connectivity index (χ2n) is 12.6. The van der Waals surface area contributed by atoms with Gasteiger partial charge in [0.15, 0.2) is 6.10 Å². The predicted molar refractivity (Wildman–Crippen MR) is 168 cm³/mol. The molecule has 0 radical (unpaired) electrons. The van der Waals surface area contributed by atoms with E-state index in [0.29, 0.717) is 23.2 Å². The Balaban J connectivity index is 1.76. The Kier molecular flexibility index (Phi) is 18.0. The normalized spacial score (nSPS) is 23.5. The molecule has 12 heteroatoms. The van der Waals surface area contributed by atoms with Gasteiger partial charge in [-0.25, -0.2) is 4.57 Å². The molecule has 11 nitrogen and oxygen atoms in total. The van der Waals surface area contributed by atoms with Crippen molar-refractivity contribution in [1.29, 1.82) is 0 Å². The van der Waals surface area contributed by atoms with Crippen LogP contribution in [0.1, 0.15) is 90.9 Å². The number of rotatable bonds is 26. The van der Waals surface area contributed by atoms with Crippen LogP contribution < -0.4 is 0 Å². The number of phosphoric acid groups is 1. The first kappa shape index (κ1) is 38.6. The molecule has 0 aliphatic carbocycles. The number of epoxide rings is 2. The highest BCUT2D eigenvalue weighted by atomic mass is 31.2.